The maximum Gasteiger partial charge on any atom is 0.0814 e. The lowest BCUT2D eigenvalue weighted by molar-refractivity contribution is -0.00747. The molecule has 2 unspecified atom stereocenters. The Hall–Kier alpha value is -0.420. The van der Waals surface area contributed by atoms with Gasteiger partial charge < -0.3 is 4.74 Å². The van der Waals surface area contributed by atoms with Crippen molar-refractivity contribution < 1.29 is 4.74 Å². The molecular weight excluding hydrogens is 208 g/mol. The molecule has 1 aromatic heterocycles. The van der Waals surface area contributed by atoms with Crippen LogP contribution in [-0.2, 0) is 4.74 Å². The van der Waals surface area contributed by atoms with Crippen LogP contribution in [0.3, 0.4) is 0 Å². The summed E-state index contributed by atoms with van der Waals surface area (Å²) < 4.78 is 5.76. The van der Waals surface area contributed by atoms with Crippen LogP contribution in [0.25, 0.3) is 0 Å². The molecule has 15 heavy (non-hydrogen) atoms. The number of nitrogens with one attached hydrogen (secondary N) is 1. The molecule has 2 atom stereocenters. The lowest BCUT2D eigenvalue weighted by Crippen LogP contribution is -2.39. The summed E-state index contributed by atoms with van der Waals surface area (Å²) in [6, 6.07) is 4.43. The number of nitrogens with two attached hydrogens (primary N) is 1. The molecule has 0 bridgehead atoms. The Morgan fingerprint density at radius 1 is 1.53 bits per heavy atom. The summed E-state index contributed by atoms with van der Waals surface area (Å²) >= 11 is 1.79. The Balaban J connectivity index is 2.08. The van der Waals surface area contributed by atoms with Crippen molar-refractivity contribution in [2.45, 2.75) is 38.3 Å². The van der Waals surface area contributed by atoms with Crippen molar-refractivity contribution in [2.24, 2.45) is 5.84 Å². The van der Waals surface area contributed by atoms with E-state index in [1.54, 1.807) is 11.3 Å². The minimum atomic E-state index is 0.156. The van der Waals surface area contributed by atoms with Gasteiger partial charge in [0.1, 0.15) is 0 Å². The minimum Gasteiger partial charge on any atom is -0.376 e. The monoisotopic (exact) mass is 226 g/mol. The van der Waals surface area contributed by atoms with E-state index in [0.717, 1.165) is 13.0 Å². The minimum absolute atomic E-state index is 0.156. The second-order valence-electron chi connectivity index (χ2n) is 4.00. The molecule has 4 heteroatoms. The Kier molecular flexibility index (Phi) is 3.75. The van der Waals surface area contributed by atoms with Gasteiger partial charge in [-0.1, -0.05) is 0 Å². The first kappa shape index (κ1) is 11.1. The smallest absolute Gasteiger partial charge is 0.0814 e. The average Bonchev–Trinajstić information content (AvgIpc) is 2.68. The molecular formula is C11H18N2OS. The van der Waals surface area contributed by atoms with Crippen molar-refractivity contribution >= 4 is 11.3 Å². The van der Waals surface area contributed by atoms with Crippen molar-refractivity contribution in [1.82, 2.24) is 5.43 Å². The van der Waals surface area contributed by atoms with Crippen LogP contribution in [0.2, 0.25) is 0 Å². The molecule has 0 radical (unpaired) electrons. The van der Waals surface area contributed by atoms with E-state index in [1.165, 1.54) is 22.6 Å². The maximum atomic E-state index is 5.76. The quantitative estimate of drug-likeness (QED) is 0.613. The van der Waals surface area contributed by atoms with Crippen LogP contribution in [0.1, 0.15) is 35.1 Å². The molecule has 1 fully saturated rings. The molecule has 2 rings (SSSR count). The largest absolute Gasteiger partial charge is 0.376 e. The van der Waals surface area contributed by atoms with Gasteiger partial charge >= 0.3 is 0 Å². The third kappa shape index (κ3) is 2.58. The molecule has 0 saturated carbocycles. The fourth-order valence-electron chi connectivity index (χ4n) is 2.02. The van der Waals surface area contributed by atoms with Gasteiger partial charge in [0.05, 0.1) is 12.1 Å². The van der Waals surface area contributed by atoms with Gasteiger partial charge in [0, 0.05) is 16.4 Å². The predicted molar refractivity (Wildman–Crippen MR) is 62.7 cm³/mol. The zero-order chi connectivity index (χ0) is 10.7. The number of hydrogen-bond acceptors (Lipinski definition) is 4. The zero-order valence-corrected chi connectivity index (χ0v) is 9.85. The predicted octanol–water partition coefficient (Wildman–Crippen LogP) is 2.13. The van der Waals surface area contributed by atoms with E-state index < -0.39 is 0 Å². The third-order valence-electron chi connectivity index (χ3n) is 2.83. The molecule has 2 heterocycles. The van der Waals surface area contributed by atoms with E-state index in [4.69, 9.17) is 10.6 Å². The third-order valence-corrected chi connectivity index (χ3v) is 3.92. The summed E-state index contributed by atoms with van der Waals surface area (Å²) in [6.07, 6.45) is 3.76. The summed E-state index contributed by atoms with van der Waals surface area (Å²) in [5, 5.41) is 0. The molecule has 1 saturated heterocycles. The lowest BCUT2D eigenvalue weighted by Gasteiger charge is -2.29. The maximum absolute atomic E-state index is 5.76. The van der Waals surface area contributed by atoms with Gasteiger partial charge in [-0.05, 0) is 38.3 Å². The summed E-state index contributed by atoms with van der Waals surface area (Å²) in [7, 11) is 0. The van der Waals surface area contributed by atoms with E-state index in [1.807, 2.05) is 0 Å². The number of hydrogen-bond donors (Lipinski definition) is 2. The number of thiophene rings is 1. The highest BCUT2D eigenvalue weighted by molar-refractivity contribution is 7.12. The fourth-order valence-corrected chi connectivity index (χ4v) is 3.01. The van der Waals surface area contributed by atoms with Crippen LogP contribution >= 0.6 is 11.3 Å². The van der Waals surface area contributed by atoms with E-state index in [2.05, 4.69) is 24.5 Å². The van der Waals surface area contributed by atoms with Crippen molar-refractivity contribution in [3.63, 3.8) is 0 Å². The Morgan fingerprint density at radius 3 is 2.93 bits per heavy atom. The lowest BCUT2D eigenvalue weighted by atomic mass is 10.0. The van der Waals surface area contributed by atoms with E-state index in [-0.39, 0.29) is 12.1 Å². The Bertz CT molecular complexity index is 307. The summed E-state index contributed by atoms with van der Waals surface area (Å²) in [4.78, 5) is 2.60. The van der Waals surface area contributed by atoms with Crippen molar-refractivity contribution in [3.05, 3.63) is 21.9 Å². The second-order valence-corrected chi connectivity index (χ2v) is 5.32. The van der Waals surface area contributed by atoms with Gasteiger partial charge in [-0.3, -0.25) is 5.84 Å². The van der Waals surface area contributed by atoms with Crippen molar-refractivity contribution in [3.8, 4) is 0 Å². The van der Waals surface area contributed by atoms with Crippen LogP contribution in [0.4, 0.5) is 0 Å². The van der Waals surface area contributed by atoms with Gasteiger partial charge in [0.2, 0.25) is 0 Å². The van der Waals surface area contributed by atoms with Crippen LogP contribution in [0, 0.1) is 6.92 Å². The first-order valence-corrected chi connectivity index (χ1v) is 6.27. The van der Waals surface area contributed by atoms with Crippen molar-refractivity contribution in [2.75, 3.05) is 6.61 Å². The van der Waals surface area contributed by atoms with Gasteiger partial charge in [-0.2, -0.15) is 0 Å². The van der Waals surface area contributed by atoms with Gasteiger partial charge in [-0.15, -0.1) is 11.3 Å². The first-order chi connectivity index (χ1) is 7.31. The number of ether oxygens (including phenoxy) is 1. The highest BCUT2D eigenvalue weighted by Crippen LogP contribution is 2.30. The number of aryl methyl sites for hydroxylation is 1. The van der Waals surface area contributed by atoms with Crippen LogP contribution in [0.15, 0.2) is 12.1 Å². The Morgan fingerprint density at radius 2 is 2.40 bits per heavy atom. The molecule has 1 aliphatic heterocycles. The van der Waals surface area contributed by atoms with Crippen LogP contribution in [0.5, 0.6) is 0 Å². The fraction of sp³-hybridized carbons (Fsp3) is 0.636. The molecule has 1 aromatic rings. The standard InChI is InChI=1S/C11H18N2OS/c1-8-5-6-10(15-8)11(13-12)9-4-2-3-7-14-9/h5-6,9,11,13H,2-4,7,12H2,1H3. The molecule has 84 valence electrons. The highest BCUT2D eigenvalue weighted by Gasteiger charge is 2.25. The highest BCUT2D eigenvalue weighted by atomic mass is 32.1. The normalized spacial score (nSPS) is 24.0. The van der Waals surface area contributed by atoms with E-state index in [9.17, 15) is 0 Å². The van der Waals surface area contributed by atoms with Crippen molar-refractivity contribution in [1.29, 1.82) is 0 Å². The number of rotatable bonds is 3. The SMILES string of the molecule is Cc1ccc(C(NN)C2CCCCO2)s1. The van der Waals surface area contributed by atoms with Crippen LogP contribution in [-0.4, -0.2) is 12.7 Å². The average molecular weight is 226 g/mol. The van der Waals surface area contributed by atoms with E-state index in [0.29, 0.717) is 0 Å². The van der Waals surface area contributed by atoms with Crippen LogP contribution < -0.4 is 11.3 Å². The first-order valence-electron chi connectivity index (χ1n) is 5.45. The summed E-state index contributed by atoms with van der Waals surface area (Å²) in [6.45, 7) is 2.98. The Labute approximate surface area is 94.6 Å². The molecule has 1 aliphatic rings. The van der Waals surface area contributed by atoms with Gasteiger partial charge in [0.25, 0.3) is 0 Å². The zero-order valence-electron chi connectivity index (χ0n) is 9.03. The topological polar surface area (TPSA) is 47.3 Å². The molecule has 3 nitrogen and oxygen atoms in total. The van der Waals surface area contributed by atoms with Gasteiger partial charge in [0.15, 0.2) is 0 Å². The molecule has 0 aliphatic carbocycles. The molecule has 3 N–H and O–H groups in total. The second kappa shape index (κ2) is 5.07. The van der Waals surface area contributed by atoms with Gasteiger partial charge in [-0.25, -0.2) is 5.43 Å². The summed E-state index contributed by atoms with van der Waals surface area (Å²) in [5.41, 5.74) is 2.89. The molecule has 0 spiro atoms. The number of hydrazine groups is 1. The molecule has 0 amide bonds. The van der Waals surface area contributed by atoms with E-state index >= 15 is 0 Å². The summed E-state index contributed by atoms with van der Waals surface area (Å²) in [5.74, 6) is 5.62. The molecule has 0 aromatic carbocycles.